The highest BCUT2D eigenvalue weighted by Gasteiger charge is 2.21. The van der Waals surface area contributed by atoms with Gasteiger partial charge in [-0.25, -0.2) is 4.79 Å². The predicted molar refractivity (Wildman–Crippen MR) is 157 cm³/mol. The number of hydrogen-bond donors (Lipinski definition) is 1. The first-order chi connectivity index (χ1) is 17.9. The van der Waals surface area contributed by atoms with Crippen LogP contribution in [0.25, 0.3) is 17.2 Å². The molecule has 0 aliphatic heterocycles. The van der Waals surface area contributed by atoms with Crippen LogP contribution in [0.5, 0.6) is 5.75 Å². The lowest BCUT2D eigenvalue weighted by Gasteiger charge is -2.26. The molecule has 0 aliphatic rings. The van der Waals surface area contributed by atoms with Crippen LogP contribution in [0.1, 0.15) is 70.7 Å². The molecule has 0 heterocycles. The van der Waals surface area contributed by atoms with E-state index in [2.05, 4.69) is 90.1 Å². The molecule has 0 bridgehead atoms. The number of ether oxygens (including phenoxy) is 2. The number of hydrogen-bond acceptors (Lipinski definition) is 3. The van der Waals surface area contributed by atoms with Crippen LogP contribution in [0.4, 0.5) is 0 Å². The molecule has 202 valence electrons. The fourth-order valence-electron chi connectivity index (χ4n) is 4.13. The molecule has 3 rings (SSSR count). The van der Waals surface area contributed by atoms with E-state index in [0.717, 1.165) is 16.9 Å². The molecule has 0 fully saturated rings. The summed E-state index contributed by atoms with van der Waals surface area (Å²) in [6.07, 6.45) is 3.56. The fourth-order valence-corrected chi connectivity index (χ4v) is 4.13. The van der Waals surface area contributed by atoms with Gasteiger partial charge in [0.15, 0.2) is 6.10 Å². The van der Waals surface area contributed by atoms with Gasteiger partial charge in [0, 0.05) is 13.0 Å². The SMILES string of the molecule is CCO[C@@H](Cc1ccc(OCC=Cc2ccc(-c3cc(C(C)(C)C)cc(C(C)(C)C)c3)cc2)cc1)C(=O)O. The van der Waals surface area contributed by atoms with Crippen molar-refractivity contribution in [1.29, 1.82) is 0 Å². The number of rotatable bonds is 10. The molecule has 0 aromatic heterocycles. The first kappa shape index (κ1) is 29.2. The summed E-state index contributed by atoms with van der Waals surface area (Å²) in [5, 5.41) is 9.25. The van der Waals surface area contributed by atoms with E-state index in [-0.39, 0.29) is 10.8 Å². The second-order valence-electron chi connectivity index (χ2n) is 11.8. The minimum Gasteiger partial charge on any atom is -0.490 e. The summed E-state index contributed by atoms with van der Waals surface area (Å²) in [6.45, 7) is 16.2. The third kappa shape index (κ3) is 8.32. The van der Waals surface area contributed by atoms with E-state index in [1.54, 1.807) is 6.92 Å². The largest absolute Gasteiger partial charge is 0.490 e. The third-order valence-electron chi connectivity index (χ3n) is 6.55. The summed E-state index contributed by atoms with van der Waals surface area (Å²) in [7, 11) is 0. The maximum Gasteiger partial charge on any atom is 0.333 e. The van der Waals surface area contributed by atoms with Gasteiger partial charge in [-0.2, -0.15) is 0 Å². The zero-order chi connectivity index (χ0) is 27.9. The van der Waals surface area contributed by atoms with Gasteiger partial charge in [-0.05, 0) is 69.3 Å². The van der Waals surface area contributed by atoms with Gasteiger partial charge in [0.05, 0.1) is 0 Å². The topological polar surface area (TPSA) is 55.8 Å². The van der Waals surface area contributed by atoms with Crippen LogP contribution in [0, 0.1) is 0 Å². The molecule has 0 spiro atoms. The summed E-state index contributed by atoms with van der Waals surface area (Å²) in [6, 6.07) is 23.1. The summed E-state index contributed by atoms with van der Waals surface area (Å²) < 4.78 is 11.1. The molecule has 0 saturated carbocycles. The standard InChI is InChI=1S/C34H42O4/c1-8-37-31(32(35)36)20-25-13-17-30(18-14-25)38-19-9-10-24-11-15-26(16-12-24)27-21-28(33(2,3)4)23-29(22-27)34(5,6)7/h9-18,21-23,31H,8,19-20H2,1-7H3,(H,35,36)/t31-/m0/s1. The van der Waals surface area contributed by atoms with E-state index in [1.807, 2.05) is 30.3 Å². The molecular formula is C34H42O4. The van der Waals surface area contributed by atoms with Crippen LogP contribution in [-0.2, 0) is 26.8 Å². The molecule has 4 heteroatoms. The Morgan fingerprint density at radius 1 is 0.842 bits per heavy atom. The first-order valence-corrected chi connectivity index (χ1v) is 13.4. The van der Waals surface area contributed by atoms with Crippen LogP contribution in [0.2, 0.25) is 0 Å². The van der Waals surface area contributed by atoms with Gasteiger partial charge in [0.2, 0.25) is 0 Å². The highest BCUT2D eigenvalue weighted by molar-refractivity contribution is 5.72. The highest BCUT2D eigenvalue weighted by Crippen LogP contribution is 2.34. The normalized spacial score (nSPS) is 13.0. The fraction of sp³-hybridized carbons (Fsp3) is 0.382. The van der Waals surface area contributed by atoms with Gasteiger partial charge >= 0.3 is 5.97 Å². The second-order valence-corrected chi connectivity index (χ2v) is 11.8. The highest BCUT2D eigenvalue weighted by atomic mass is 16.5. The van der Waals surface area contributed by atoms with Crippen LogP contribution >= 0.6 is 0 Å². The molecule has 3 aromatic rings. The van der Waals surface area contributed by atoms with Crippen molar-refractivity contribution >= 4 is 12.0 Å². The quantitative estimate of drug-likeness (QED) is 0.297. The van der Waals surface area contributed by atoms with Gasteiger partial charge in [0.1, 0.15) is 12.4 Å². The average Bonchev–Trinajstić information content (AvgIpc) is 2.86. The lowest BCUT2D eigenvalue weighted by molar-refractivity contribution is -0.149. The maximum absolute atomic E-state index is 11.3. The van der Waals surface area contributed by atoms with Gasteiger partial charge in [-0.15, -0.1) is 0 Å². The Balaban J connectivity index is 1.62. The van der Waals surface area contributed by atoms with E-state index in [0.29, 0.717) is 19.6 Å². The molecule has 0 saturated heterocycles. The van der Waals surface area contributed by atoms with Crippen molar-refractivity contribution in [1.82, 2.24) is 0 Å². The van der Waals surface area contributed by atoms with Crippen molar-refractivity contribution in [3.8, 4) is 16.9 Å². The number of benzene rings is 3. The van der Waals surface area contributed by atoms with E-state index in [4.69, 9.17) is 9.47 Å². The maximum atomic E-state index is 11.3. The van der Waals surface area contributed by atoms with Gasteiger partial charge < -0.3 is 14.6 Å². The summed E-state index contributed by atoms with van der Waals surface area (Å²) >= 11 is 0. The van der Waals surface area contributed by atoms with E-state index in [9.17, 15) is 9.90 Å². The number of carboxylic acid groups (broad SMARTS) is 1. The summed E-state index contributed by atoms with van der Waals surface area (Å²) in [4.78, 5) is 11.3. The molecule has 0 radical (unpaired) electrons. The summed E-state index contributed by atoms with van der Waals surface area (Å²) in [5.41, 5.74) is 7.36. The molecule has 0 amide bonds. The molecule has 0 unspecified atom stereocenters. The average molecular weight is 515 g/mol. The predicted octanol–water partition coefficient (Wildman–Crippen LogP) is 8.07. The van der Waals surface area contributed by atoms with E-state index < -0.39 is 12.1 Å². The van der Waals surface area contributed by atoms with Crippen molar-refractivity contribution in [2.45, 2.75) is 71.8 Å². The monoisotopic (exact) mass is 514 g/mol. The Morgan fingerprint density at radius 3 is 1.92 bits per heavy atom. The second kappa shape index (κ2) is 12.4. The van der Waals surface area contributed by atoms with Crippen LogP contribution in [0.15, 0.2) is 72.8 Å². The number of carbonyl (C=O) groups is 1. The molecular weight excluding hydrogens is 472 g/mol. The molecule has 1 N–H and O–H groups in total. The van der Waals surface area contributed by atoms with Crippen molar-refractivity contribution < 1.29 is 19.4 Å². The zero-order valence-corrected chi connectivity index (χ0v) is 23.9. The van der Waals surface area contributed by atoms with E-state index >= 15 is 0 Å². The van der Waals surface area contributed by atoms with Crippen molar-refractivity contribution in [2.24, 2.45) is 0 Å². The van der Waals surface area contributed by atoms with Gasteiger partial charge in [-0.3, -0.25) is 0 Å². The smallest absolute Gasteiger partial charge is 0.333 e. The molecule has 3 aromatic carbocycles. The summed E-state index contributed by atoms with van der Waals surface area (Å²) in [5.74, 6) is -0.205. The van der Waals surface area contributed by atoms with Gasteiger partial charge in [0.25, 0.3) is 0 Å². The Kier molecular flexibility index (Phi) is 9.56. The zero-order valence-electron chi connectivity index (χ0n) is 23.9. The number of aliphatic carboxylic acids is 1. The lowest BCUT2D eigenvalue weighted by atomic mass is 9.79. The lowest BCUT2D eigenvalue weighted by Crippen LogP contribution is -2.26. The van der Waals surface area contributed by atoms with Crippen LogP contribution in [-0.4, -0.2) is 30.4 Å². The Bertz CT molecular complexity index is 1190. The third-order valence-corrected chi connectivity index (χ3v) is 6.55. The Labute approximate surface area is 228 Å². The van der Waals surface area contributed by atoms with Crippen molar-refractivity contribution in [3.05, 3.63) is 95.1 Å². The van der Waals surface area contributed by atoms with E-state index in [1.165, 1.54) is 22.3 Å². The minimum atomic E-state index is -0.946. The van der Waals surface area contributed by atoms with Crippen molar-refractivity contribution in [2.75, 3.05) is 13.2 Å². The van der Waals surface area contributed by atoms with Crippen LogP contribution in [0.3, 0.4) is 0 Å². The molecule has 4 nitrogen and oxygen atoms in total. The first-order valence-electron chi connectivity index (χ1n) is 13.4. The molecule has 38 heavy (non-hydrogen) atoms. The van der Waals surface area contributed by atoms with Crippen molar-refractivity contribution in [3.63, 3.8) is 0 Å². The Hall–Kier alpha value is -3.37. The van der Waals surface area contributed by atoms with Crippen LogP contribution < -0.4 is 4.74 Å². The number of carboxylic acids is 1. The molecule has 1 atom stereocenters. The minimum absolute atomic E-state index is 0.0867. The molecule has 0 aliphatic carbocycles. The Morgan fingerprint density at radius 2 is 1.42 bits per heavy atom. The van der Waals surface area contributed by atoms with Gasteiger partial charge in [-0.1, -0.05) is 102 Å².